The van der Waals surface area contributed by atoms with Crippen LogP contribution in [0.1, 0.15) is 24.5 Å². The predicted octanol–water partition coefficient (Wildman–Crippen LogP) is 3.33. The first-order valence-corrected chi connectivity index (χ1v) is 11.5. The van der Waals surface area contributed by atoms with Gasteiger partial charge in [0.1, 0.15) is 5.75 Å². The van der Waals surface area contributed by atoms with Gasteiger partial charge in [-0.25, -0.2) is 8.42 Å². The molecule has 1 aliphatic rings. The van der Waals surface area contributed by atoms with Crippen molar-refractivity contribution in [3.8, 4) is 5.75 Å². The van der Waals surface area contributed by atoms with Gasteiger partial charge in [-0.15, -0.1) is 0 Å². The Bertz CT molecular complexity index is 1150. The number of hydrogen-bond acceptors (Lipinski definition) is 5. The minimum atomic E-state index is -3.99. The Morgan fingerprint density at radius 3 is 2.58 bits per heavy atom. The van der Waals surface area contributed by atoms with Crippen LogP contribution < -0.4 is 15.4 Å². The van der Waals surface area contributed by atoms with Crippen molar-refractivity contribution in [2.24, 2.45) is 0 Å². The van der Waals surface area contributed by atoms with Gasteiger partial charge in [-0.1, -0.05) is 24.6 Å². The summed E-state index contributed by atoms with van der Waals surface area (Å²) in [7, 11) is -2.66. The molecule has 31 heavy (non-hydrogen) atoms. The fraction of sp³-hybridized carbons (Fsp3) is 0.333. The summed E-state index contributed by atoms with van der Waals surface area (Å²) >= 11 is 6.07. The molecule has 0 aliphatic carbocycles. The normalized spacial score (nSPS) is 15.8. The largest absolute Gasteiger partial charge is 0.478 e. The molecule has 8 nitrogen and oxygen atoms in total. The average Bonchev–Trinajstić information content (AvgIpc) is 2.69. The molecule has 0 unspecified atom stereocenters. The first kappa shape index (κ1) is 23.1. The summed E-state index contributed by atoms with van der Waals surface area (Å²) < 4.78 is 32.9. The maximum Gasteiger partial charge on any atom is 0.265 e. The van der Waals surface area contributed by atoms with Crippen molar-refractivity contribution >= 4 is 44.8 Å². The number of carbonyl (C=O) groups excluding carboxylic acids is 2. The van der Waals surface area contributed by atoms with E-state index in [4.69, 9.17) is 16.3 Å². The monoisotopic (exact) mass is 465 g/mol. The van der Waals surface area contributed by atoms with Crippen LogP contribution in [0.15, 0.2) is 35.2 Å². The number of carbonyl (C=O) groups is 2. The van der Waals surface area contributed by atoms with E-state index in [1.54, 1.807) is 38.1 Å². The molecule has 1 heterocycles. The molecule has 2 aromatic rings. The SMILES string of the molecule is CC[C@H]1Oc2cc(S(=O)(=O)N(C)CC(=O)Nc3ccc(C)c(Cl)c3)c(C)cc2NC1=O. The highest BCUT2D eigenvalue weighted by Crippen LogP contribution is 2.35. The second-order valence-electron chi connectivity index (χ2n) is 7.39. The van der Waals surface area contributed by atoms with Gasteiger partial charge in [0, 0.05) is 23.8 Å². The summed E-state index contributed by atoms with van der Waals surface area (Å²) in [6, 6.07) is 7.99. The van der Waals surface area contributed by atoms with Gasteiger partial charge >= 0.3 is 0 Å². The van der Waals surface area contributed by atoms with Crippen LogP contribution in [0.3, 0.4) is 0 Å². The second-order valence-corrected chi connectivity index (χ2v) is 9.81. The summed E-state index contributed by atoms with van der Waals surface area (Å²) in [5.74, 6) is -0.492. The standard InChI is InChI=1S/C21H24ClN3O5S/c1-5-17-21(27)24-16-8-13(3)19(10-18(16)30-17)31(28,29)25(4)11-20(26)23-14-7-6-12(2)15(22)9-14/h6-10,17H,5,11H2,1-4H3,(H,23,26)(H,24,27)/t17-/m1/s1. The number of anilines is 2. The van der Waals surface area contributed by atoms with Crippen molar-refractivity contribution in [2.75, 3.05) is 24.2 Å². The van der Waals surface area contributed by atoms with Crippen molar-refractivity contribution in [1.29, 1.82) is 0 Å². The third-order valence-corrected chi connectivity index (χ3v) is 7.33. The summed E-state index contributed by atoms with van der Waals surface area (Å²) in [6.45, 7) is 4.87. The number of amides is 2. The number of ether oxygens (including phenoxy) is 1. The van der Waals surface area contributed by atoms with Gasteiger partial charge in [0.15, 0.2) is 6.10 Å². The fourth-order valence-corrected chi connectivity index (χ4v) is 4.68. The third kappa shape index (κ3) is 4.84. The van der Waals surface area contributed by atoms with Gasteiger partial charge in [-0.3, -0.25) is 9.59 Å². The number of nitrogens with zero attached hydrogens (tertiary/aromatic N) is 1. The van der Waals surface area contributed by atoms with Crippen LogP contribution in [0.5, 0.6) is 5.75 Å². The molecule has 1 atom stereocenters. The smallest absolute Gasteiger partial charge is 0.265 e. The molecule has 0 saturated heterocycles. The van der Waals surface area contributed by atoms with Crippen molar-refractivity contribution < 1.29 is 22.7 Å². The number of hydrogen-bond donors (Lipinski definition) is 2. The summed E-state index contributed by atoms with van der Waals surface area (Å²) in [5.41, 5.74) is 2.19. The quantitative estimate of drug-likeness (QED) is 0.680. The Hall–Kier alpha value is -2.62. The van der Waals surface area contributed by atoms with Gasteiger partial charge in [0.25, 0.3) is 5.91 Å². The van der Waals surface area contributed by atoms with E-state index in [1.165, 1.54) is 13.1 Å². The lowest BCUT2D eigenvalue weighted by molar-refractivity contribution is -0.123. The lowest BCUT2D eigenvalue weighted by atomic mass is 10.1. The number of sulfonamides is 1. The van der Waals surface area contributed by atoms with Crippen LogP contribution in [-0.2, 0) is 19.6 Å². The zero-order chi connectivity index (χ0) is 22.9. The van der Waals surface area contributed by atoms with Gasteiger partial charge in [-0.2, -0.15) is 4.31 Å². The highest BCUT2D eigenvalue weighted by Gasteiger charge is 2.31. The van der Waals surface area contributed by atoms with E-state index in [2.05, 4.69) is 10.6 Å². The Kier molecular flexibility index (Phi) is 6.59. The van der Waals surface area contributed by atoms with Gasteiger partial charge in [0.05, 0.1) is 17.1 Å². The van der Waals surface area contributed by atoms with Crippen molar-refractivity contribution in [1.82, 2.24) is 4.31 Å². The maximum atomic E-state index is 13.1. The number of halogens is 1. The van der Waals surface area contributed by atoms with E-state index in [0.717, 1.165) is 9.87 Å². The van der Waals surface area contributed by atoms with E-state index in [1.807, 2.05) is 6.92 Å². The van der Waals surface area contributed by atoms with Crippen LogP contribution in [-0.4, -0.2) is 44.2 Å². The molecule has 10 heteroatoms. The molecular weight excluding hydrogens is 442 g/mol. The summed E-state index contributed by atoms with van der Waals surface area (Å²) in [6.07, 6.45) is -0.236. The van der Waals surface area contributed by atoms with E-state index < -0.39 is 22.0 Å². The average molecular weight is 466 g/mol. The van der Waals surface area contributed by atoms with Gasteiger partial charge in [0.2, 0.25) is 15.9 Å². The molecule has 2 N–H and O–H groups in total. The topological polar surface area (TPSA) is 105 Å². The summed E-state index contributed by atoms with van der Waals surface area (Å²) in [5, 5.41) is 5.88. The molecule has 1 aliphatic heterocycles. The molecule has 3 rings (SSSR count). The van der Waals surface area contributed by atoms with Gasteiger partial charge < -0.3 is 15.4 Å². The van der Waals surface area contributed by atoms with E-state index in [9.17, 15) is 18.0 Å². The fourth-order valence-electron chi connectivity index (χ4n) is 3.16. The van der Waals surface area contributed by atoms with Crippen LogP contribution in [0.4, 0.5) is 11.4 Å². The minimum absolute atomic E-state index is 0.00549. The first-order chi connectivity index (χ1) is 14.5. The van der Waals surface area contributed by atoms with Crippen LogP contribution >= 0.6 is 11.6 Å². The zero-order valence-electron chi connectivity index (χ0n) is 17.7. The second kappa shape index (κ2) is 8.86. The van der Waals surface area contributed by atoms with Crippen LogP contribution in [0, 0.1) is 13.8 Å². The Balaban J connectivity index is 1.79. The number of likely N-dealkylation sites (N-methyl/N-ethyl adjacent to an activating group) is 1. The summed E-state index contributed by atoms with van der Waals surface area (Å²) in [4.78, 5) is 24.4. The molecule has 2 aromatic carbocycles. The Morgan fingerprint density at radius 2 is 1.94 bits per heavy atom. The van der Waals surface area contributed by atoms with Crippen molar-refractivity contribution in [3.05, 3.63) is 46.5 Å². The highest BCUT2D eigenvalue weighted by molar-refractivity contribution is 7.89. The van der Waals surface area contributed by atoms with Gasteiger partial charge in [-0.05, 0) is 49.6 Å². The third-order valence-electron chi connectivity index (χ3n) is 4.98. The molecule has 0 radical (unpaired) electrons. The molecule has 0 spiro atoms. The molecule has 0 aromatic heterocycles. The Morgan fingerprint density at radius 1 is 1.23 bits per heavy atom. The van der Waals surface area contributed by atoms with Crippen LogP contribution in [0.25, 0.3) is 0 Å². The number of nitrogens with one attached hydrogen (secondary N) is 2. The van der Waals surface area contributed by atoms with Crippen molar-refractivity contribution in [3.63, 3.8) is 0 Å². The molecule has 2 amide bonds. The predicted molar refractivity (Wildman–Crippen MR) is 119 cm³/mol. The lowest BCUT2D eigenvalue weighted by Gasteiger charge is -2.27. The van der Waals surface area contributed by atoms with Crippen molar-refractivity contribution in [2.45, 2.75) is 38.2 Å². The Labute approximate surface area is 186 Å². The minimum Gasteiger partial charge on any atom is -0.478 e. The van der Waals surface area contributed by atoms with E-state index in [-0.39, 0.29) is 23.1 Å². The van der Waals surface area contributed by atoms with E-state index in [0.29, 0.717) is 28.4 Å². The molecule has 166 valence electrons. The maximum absolute atomic E-state index is 13.1. The number of benzene rings is 2. The lowest BCUT2D eigenvalue weighted by Crippen LogP contribution is -2.37. The number of rotatable bonds is 6. The highest BCUT2D eigenvalue weighted by atomic mass is 35.5. The molecule has 0 fully saturated rings. The molecular formula is C21H24ClN3O5S. The molecule has 0 bridgehead atoms. The number of fused-ring (bicyclic) bond motifs is 1. The van der Waals surface area contributed by atoms with Crippen LogP contribution in [0.2, 0.25) is 5.02 Å². The zero-order valence-corrected chi connectivity index (χ0v) is 19.2. The van der Waals surface area contributed by atoms with E-state index >= 15 is 0 Å². The molecule has 0 saturated carbocycles. The number of aryl methyl sites for hydroxylation is 2. The first-order valence-electron chi connectivity index (χ1n) is 9.67.